The van der Waals surface area contributed by atoms with E-state index < -0.39 is 0 Å². The number of nitrogens with zero attached hydrogens (tertiary/aromatic N) is 2. The van der Waals surface area contributed by atoms with E-state index in [1.165, 1.54) is 0 Å². The molecule has 2 heterocycles. The van der Waals surface area contributed by atoms with E-state index in [9.17, 15) is 4.79 Å². The zero-order chi connectivity index (χ0) is 11.7. The number of likely N-dealkylation sites (tertiary alicyclic amines) is 1. The van der Waals surface area contributed by atoms with Gasteiger partial charge >= 0.3 is 0 Å². The number of hydrogen-bond acceptors (Lipinski definition) is 3. The Morgan fingerprint density at radius 2 is 2.38 bits per heavy atom. The number of amides is 1. The number of carbonyl (C=O) groups excluding carboxylic acids is 1. The number of pyridine rings is 1. The standard InChI is InChI=1S/C12H17N3O/c1-8-6-11(13)10(7-14-8)12(16)15-5-3-4-9(15)2/h6-7,9H,3-5H2,1-2H3,(H2,13,14). The van der Waals surface area contributed by atoms with Gasteiger partial charge in [-0.05, 0) is 32.8 Å². The summed E-state index contributed by atoms with van der Waals surface area (Å²) in [6, 6.07) is 2.06. The maximum Gasteiger partial charge on any atom is 0.257 e. The molecule has 1 fully saturated rings. The van der Waals surface area contributed by atoms with Crippen LogP contribution in [0.15, 0.2) is 12.3 Å². The average Bonchev–Trinajstić information content (AvgIpc) is 2.63. The summed E-state index contributed by atoms with van der Waals surface area (Å²) in [6.45, 7) is 4.76. The summed E-state index contributed by atoms with van der Waals surface area (Å²) in [4.78, 5) is 18.2. The van der Waals surface area contributed by atoms with Crippen LogP contribution in [0.3, 0.4) is 0 Å². The van der Waals surface area contributed by atoms with Crippen LogP contribution in [0.25, 0.3) is 0 Å². The first kappa shape index (κ1) is 10.9. The fraction of sp³-hybridized carbons (Fsp3) is 0.500. The van der Waals surface area contributed by atoms with Crippen LogP contribution in [0.5, 0.6) is 0 Å². The lowest BCUT2D eigenvalue weighted by Crippen LogP contribution is -2.34. The molecule has 2 rings (SSSR count). The van der Waals surface area contributed by atoms with Crippen LogP contribution in [-0.2, 0) is 0 Å². The van der Waals surface area contributed by atoms with E-state index in [1.54, 1.807) is 12.3 Å². The zero-order valence-electron chi connectivity index (χ0n) is 9.73. The molecule has 1 unspecified atom stereocenters. The first-order chi connectivity index (χ1) is 7.59. The molecule has 1 aromatic heterocycles. The lowest BCUT2D eigenvalue weighted by Gasteiger charge is -2.21. The van der Waals surface area contributed by atoms with E-state index in [2.05, 4.69) is 11.9 Å². The number of anilines is 1. The summed E-state index contributed by atoms with van der Waals surface area (Å²) >= 11 is 0. The first-order valence-corrected chi connectivity index (χ1v) is 5.62. The van der Waals surface area contributed by atoms with Crippen molar-refractivity contribution >= 4 is 11.6 Å². The first-order valence-electron chi connectivity index (χ1n) is 5.62. The summed E-state index contributed by atoms with van der Waals surface area (Å²) < 4.78 is 0. The number of nitrogens with two attached hydrogens (primary N) is 1. The molecule has 1 aromatic rings. The second kappa shape index (κ2) is 4.12. The Morgan fingerprint density at radius 3 is 2.94 bits per heavy atom. The number of nitrogen functional groups attached to an aromatic ring is 1. The molecular formula is C12H17N3O. The molecule has 1 aliphatic rings. The van der Waals surface area contributed by atoms with Gasteiger partial charge in [-0.15, -0.1) is 0 Å². The van der Waals surface area contributed by atoms with Crippen LogP contribution in [0, 0.1) is 6.92 Å². The largest absolute Gasteiger partial charge is 0.398 e. The third-order valence-electron chi connectivity index (χ3n) is 3.12. The van der Waals surface area contributed by atoms with E-state index in [0.717, 1.165) is 25.1 Å². The minimum Gasteiger partial charge on any atom is -0.398 e. The number of carbonyl (C=O) groups is 1. The smallest absolute Gasteiger partial charge is 0.257 e. The lowest BCUT2D eigenvalue weighted by atomic mass is 10.1. The highest BCUT2D eigenvalue weighted by atomic mass is 16.2. The number of aromatic nitrogens is 1. The Balaban J connectivity index is 2.27. The van der Waals surface area contributed by atoms with Gasteiger partial charge in [-0.3, -0.25) is 9.78 Å². The van der Waals surface area contributed by atoms with Gasteiger partial charge in [-0.25, -0.2) is 0 Å². The van der Waals surface area contributed by atoms with Crippen LogP contribution in [0.4, 0.5) is 5.69 Å². The van der Waals surface area contributed by atoms with Crippen molar-refractivity contribution in [3.8, 4) is 0 Å². The van der Waals surface area contributed by atoms with Gasteiger partial charge in [0.1, 0.15) is 0 Å². The van der Waals surface area contributed by atoms with Gasteiger partial charge in [0.25, 0.3) is 5.91 Å². The van der Waals surface area contributed by atoms with Crippen molar-refractivity contribution < 1.29 is 4.79 Å². The fourth-order valence-electron chi connectivity index (χ4n) is 2.15. The molecule has 0 radical (unpaired) electrons. The van der Waals surface area contributed by atoms with Crippen molar-refractivity contribution in [1.29, 1.82) is 0 Å². The van der Waals surface area contributed by atoms with Gasteiger partial charge in [0, 0.05) is 30.2 Å². The Kier molecular flexibility index (Phi) is 2.81. The Bertz CT molecular complexity index is 417. The molecular weight excluding hydrogens is 202 g/mol. The molecule has 0 saturated carbocycles. The van der Waals surface area contributed by atoms with Crippen molar-refractivity contribution in [2.75, 3.05) is 12.3 Å². The van der Waals surface area contributed by atoms with E-state index in [4.69, 9.17) is 5.73 Å². The summed E-state index contributed by atoms with van der Waals surface area (Å²) in [5.41, 5.74) is 7.74. The molecule has 0 bridgehead atoms. The van der Waals surface area contributed by atoms with Crippen molar-refractivity contribution in [3.05, 3.63) is 23.5 Å². The Labute approximate surface area is 95.5 Å². The van der Waals surface area contributed by atoms with Crippen LogP contribution >= 0.6 is 0 Å². The predicted octanol–water partition coefficient (Wildman–Crippen LogP) is 1.60. The monoisotopic (exact) mass is 219 g/mol. The quantitative estimate of drug-likeness (QED) is 0.780. The van der Waals surface area contributed by atoms with Crippen LogP contribution < -0.4 is 5.73 Å². The van der Waals surface area contributed by atoms with Gasteiger partial charge in [0.2, 0.25) is 0 Å². The Hall–Kier alpha value is -1.58. The minimum absolute atomic E-state index is 0.00926. The number of aryl methyl sites for hydroxylation is 1. The molecule has 4 nitrogen and oxygen atoms in total. The highest BCUT2D eigenvalue weighted by molar-refractivity contribution is 5.99. The van der Waals surface area contributed by atoms with Gasteiger partial charge in [-0.1, -0.05) is 0 Å². The maximum absolute atomic E-state index is 12.2. The summed E-state index contributed by atoms with van der Waals surface area (Å²) in [5, 5.41) is 0. The van der Waals surface area contributed by atoms with E-state index in [-0.39, 0.29) is 5.91 Å². The highest BCUT2D eigenvalue weighted by Gasteiger charge is 2.27. The molecule has 4 heteroatoms. The Morgan fingerprint density at radius 1 is 1.62 bits per heavy atom. The summed E-state index contributed by atoms with van der Waals surface area (Å²) in [5.74, 6) is 0.00926. The maximum atomic E-state index is 12.2. The number of rotatable bonds is 1. The summed E-state index contributed by atoms with van der Waals surface area (Å²) in [7, 11) is 0. The minimum atomic E-state index is 0.00926. The van der Waals surface area contributed by atoms with Gasteiger partial charge in [-0.2, -0.15) is 0 Å². The van der Waals surface area contributed by atoms with Crippen molar-refractivity contribution in [2.45, 2.75) is 32.7 Å². The lowest BCUT2D eigenvalue weighted by molar-refractivity contribution is 0.0748. The van der Waals surface area contributed by atoms with E-state index in [0.29, 0.717) is 17.3 Å². The molecule has 86 valence electrons. The third kappa shape index (κ3) is 1.87. The van der Waals surface area contributed by atoms with Crippen LogP contribution in [0.1, 0.15) is 35.8 Å². The molecule has 0 spiro atoms. The molecule has 0 aromatic carbocycles. The predicted molar refractivity (Wildman–Crippen MR) is 63.1 cm³/mol. The van der Waals surface area contributed by atoms with Crippen LogP contribution in [0.2, 0.25) is 0 Å². The SMILES string of the molecule is Cc1cc(N)c(C(=O)N2CCCC2C)cn1. The van der Waals surface area contributed by atoms with E-state index in [1.807, 2.05) is 11.8 Å². The molecule has 2 N–H and O–H groups in total. The van der Waals surface area contributed by atoms with Gasteiger partial charge in [0.05, 0.1) is 5.56 Å². The normalized spacial score (nSPS) is 20.1. The number of hydrogen-bond donors (Lipinski definition) is 1. The van der Waals surface area contributed by atoms with Crippen LogP contribution in [-0.4, -0.2) is 28.4 Å². The molecule has 1 saturated heterocycles. The third-order valence-corrected chi connectivity index (χ3v) is 3.12. The molecule has 0 aliphatic carbocycles. The molecule has 1 amide bonds. The van der Waals surface area contributed by atoms with Gasteiger partial charge in [0.15, 0.2) is 0 Å². The fourth-order valence-corrected chi connectivity index (χ4v) is 2.15. The van der Waals surface area contributed by atoms with Crippen molar-refractivity contribution in [3.63, 3.8) is 0 Å². The van der Waals surface area contributed by atoms with Crippen molar-refractivity contribution in [2.24, 2.45) is 0 Å². The topological polar surface area (TPSA) is 59.2 Å². The summed E-state index contributed by atoms with van der Waals surface area (Å²) in [6.07, 6.45) is 3.73. The second-order valence-corrected chi connectivity index (χ2v) is 4.40. The molecule has 1 atom stereocenters. The zero-order valence-corrected chi connectivity index (χ0v) is 9.73. The highest BCUT2D eigenvalue weighted by Crippen LogP contribution is 2.21. The van der Waals surface area contributed by atoms with E-state index >= 15 is 0 Å². The molecule has 16 heavy (non-hydrogen) atoms. The van der Waals surface area contributed by atoms with Gasteiger partial charge < -0.3 is 10.6 Å². The average molecular weight is 219 g/mol. The van der Waals surface area contributed by atoms with Crippen molar-refractivity contribution in [1.82, 2.24) is 9.88 Å². The molecule has 1 aliphatic heterocycles. The second-order valence-electron chi connectivity index (χ2n) is 4.40.